The molecule has 6 nitrogen and oxygen atoms in total. The highest BCUT2D eigenvalue weighted by Crippen LogP contribution is 2.21. The third-order valence-corrected chi connectivity index (χ3v) is 2.76. The molecule has 0 bridgehead atoms. The Kier molecular flexibility index (Phi) is 4.76. The van der Waals surface area contributed by atoms with Crippen molar-refractivity contribution in [2.45, 2.75) is 45.8 Å². The minimum absolute atomic E-state index is 0.139. The number of rotatable bonds is 2. The Labute approximate surface area is 113 Å². The van der Waals surface area contributed by atoms with Crippen LogP contribution in [0.15, 0.2) is 0 Å². The van der Waals surface area contributed by atoms with E-state index in [-0.39, 0.29) is 18.5 Å². The summed E-state index contributed by atoms with van der Waals surface area (Å²) in [7, 11) is 0. The zero-order chi connectivity index (χ0) is 14.6. The zero-order valence-electron chi connectivity index (χ0n) is 11.9. The summed E-state index contributed by atoms with van der Waals surface area (Å²) >= 11 is 0. The fourth-order valence-corrected chi connectivity index (χ4v) is 2.01. The summed E-state index contributed by atoms with van der Waals surface area (Å²) in [5, 5.41) is 11.4. The molecule has 1 rings (SSSR count). The summed E-state index contributed by atoms with van der Waals surface area (Å²) in [6.45, 7) is 7.68. The number of ether oxygens (including phenoxy) is 1. The van der Waals surface area contributed by atoms with Crippen molar-refractivity contribution in [2.75, 3.05) is 13.1 Å². The Morgan fingerprint density at radius 3 is 2.63 bits per heavy atom. The molecule has 1 N–H and O–H groups in total. The number of nitriles is 1. The molecule has 0 aliphatic carbocycles. The van der Waals surface area contributed by atoms with Gasteiger partial charge in [-0.05, 0) is 33.1 Å². The molecular formula is C13H21N3O3. The highest BCUT2D eigenvalue weighted by molar-refractivity contribution is 5.83. The lowest BCUT2D eigenvalue weighted by molar-refractivity contribution is -0.130. The lowest BCUT2D eigenvalue weighted by Crippen LogP contribution is -2.43. The first-order valence-corrected chi connectivity index (χ1v) is 6.39. The van der Waals surface area contributed by atoms with Crippen LogP contribution in [-0.4, -0.2) is 41.6 Å². The first kappa shape index (κ1) is 15.3. The summed E-state index contributed by atoms with van der Waals surface area (Å²) in [5.41, 5.74) is -0.593. The summed E-state index contributed by atoms with van der Waals surface area (Å²) < 4.78 is 5.04. The third-order valence-electron chi connectivity index (χ3n) is 2.76. The van der Waals surface area contributed by atoms with E-state index in [9.17, 15) is 9.59 Å². The van der Waals surface area contributed by atoms with Crippen molar-refractivity contribution >= 4 is 12.0 Å². The van der Waals surface area contributed by atoms with E-state index in [1.807, 2.05) is 6.92 Å². The second kappa shape index (κ2) is 5.91. The molecule has 0 aromatic carbocycles. The molecule has 1 fully saturated rings. The molecule has 0 aromatic rings. The molecule has 1 heterocycles. The fourth-order valence-electron chi connectivity index (χ4n) is 2.01. The van der Waals surface area contributed by atoms with Crippen LogP contribution in [-0.2, 0) is 9.53 Å². The van der Waals surface area contributed by atoms with Gasteiger partial charge in [-0.3, -0.25) is 4.79 Å². The van der Waals surface area contributed by atoms with Gasteiger partial charge in [0.2, 0.25) is 5.91 Å². The number of nitrogens with one attached hydrogen (secondary N) is 1. The van der Waals surface area contributed by atoms with E-state index in [1.165, 1.54) is 4.90 Å². The summed E-state index contributed by atoms with van der Waals surface area (Å²) in [6.07, 6.45) is 0.0656. The molecular weight excluding hydrogens is 246 g/mol. The fraction of sp³-hybridized carbons (Fsp3) is 0.769. The van der Waals surface area contributed by atoms with Gasteiger partial charge in [-0.15, -0.1) is 0 Å². The van der Waals surface area contributed by atoms with Crippen molar-refractivity contribution in [1.29, 1.82) is 5.26 Å². The maximum atomic E-state index is 11.9. The van der Waals surface area contributed by atoms with Crippen molar-refractivity contribution in [2.24, 2.45) is 5.92 Å². The lowest BCUT2D eigenvalue weighted by Gasteiger charge is -2.22. The van der Waals surface area contributed by atoms with Gasteiger partial charge in [-0.1, -0.05) is 6.92 Å². The first-order chi connectivity index (χ1) is 8.73. The summed E-state index contributed by atoms with van der Waals surface area (Å²) in [6, 6.07) is 1.73. The maximum absolute atomic E-state index is 11.9. The van der Waals surface area contributed by atoms with Crippen LogP contribution in [0.4, 0.5) is 4.79 Å². The van der Waals surface area contributed by atoms with Gasteiger partial charge in [0.15, 0.2) is 0 Å². The molecule has 0 aromatic heterocycles. The van der Waals surface area contributed by atoms with E-state index >= 15 is 0 Å². The Balaban J connectivity index is 2.44. The van der Waals surface area contributed by atoms with Crippen molar-refractivity contribution < 1.29 is 14.3 Å². The maximum Gasteiger partial charge on any atom is 0.408 e. The molecule has 1 aliphatic heterocycles. The predicted molar refractivity (Wildman–Crippen MR) is 69.1 cm³/mol. The van der Waals surface area contributed by atoms with Crippen molar-refractivity contribution in [3.8, 4) is 6.07 Å². The molecule has 0 radical (unpaired) electrons. The molecule has 0 spiro atoms. The molecule has 1 saturated heterocycles. The summed E-state index contributed by atoms with van der Waals surface area (Å²) in [4.78, 5) is 24.9. The topological polar surface area (TPSA) is 82.4 Å². The quantitative estimate of drug-likeness (QED) is 0.816. The van der Waals surface area contributed by atoms with E-state index in [1.54, 1.807) is 20.8 Å². The van der Waals surface area contributed by atoms with E-state index < -0.39 is 11.7 Å². The normalized spacial score (nSPS) is 22.8. The highest BCUT2D eigenvalue weighted by Gasteiger charge is 2.33. The van der Waals surface area contributed by atoms with Crippen LogP contribution < -0.4 is 5.32 Å². The van der Waals surface area contributed by atoms with Crippen molar-refractivity contribution in [3.05, 3.63) is 0 Å². The molecule has 2 amide bonds. The van der Waals surface area contributed by atoms with Crippen LogP contribution in [0.25, 0.3) is 0 Å². The van der Waals surface area contributed by atoms with Gasteiger partial charge in [0.05, 0.1) is 6.07 Å². The van der Waals surface area contributed by atoms with Crippen LogP contribution >= 0.6 is 0 Å². The third kappa shape index (κ3) is 4.78. The van der Waals surface area contributed by atoms with Crippen molar-refractivity contribution in [3.63, 3.8) is 0 Å². The van der Waals surface area contributed by atoms with Gasteiger partial charge in [0.25, 0.3) is 0 Å². The molecule has 2 atom stereocenters. The van der Waals surface area contributed by atoms with Gasteiger partial charge in [-0.25, -0.2) is 4.79 Å². The van der Waals surface area contributed by atoms with Gasteiger partial charge in [0.1, 0.15) is 18.2 Å². The van der Waals surface area contributed by atoms with E-state index in [0.717, 1.165) is 0 Å². The molecule has 6 heteroatoms. The monoisotopic (exact) mass is 267 g/mol. The number of carbonyl (C=O) groups excluding carboxylic acids is 2. The van der Waals surface area contributed by atoms with Crippen LogP contribution in [0.5, 0.6) is 0 Å². The lowest BCUT2D eigenvalue weighted by atomic mass is 10.1. The number of hydrogen-bond acceptors (Lipinski definition) is 4. The number of amides is 2. The Bertz CT molecular complexity index is 395. The second-order valence-electron chi connectivity index (χ2n) is 5.89. The van der Waals surface area contributed by atoms with Crippen LogP contribution in [0.3, 0.4) is 0 Å². The molecule has 106 valence electrons. The number of nitrogens with zero attached hydrogens (tertiary/aromatic N) is 2. The number of alkyl carbamates (subject to hydrolysis) is 1. The summed E-state index contributed by atoms with van der Waals surface area (Å²) in [5.74, 6) is 0.0666. The van der Waals surface area contributed by atoms with Crippen LogP contribution in [0.2, 0.25) is 0 Å². The highest BCUT2D eigenvalue weighted by atomic mass is 16.6. The van der Waals surface area contributed by atoms with Gasteiger partial charge >= 0.3 is 6.09 Å². The van der Waals surface area contributed by atoms with Crippen molar-refractivity contribution in [1.82, 2.24) is 10.2 Å². The van der Waals surface area contributed by atoms with E-state index in [0.29, 0.717) is 18.9 Å². The first-order valence-electron chi connectivity index (χ1n) is 6.39. The molecule has 19 heavy (non-hydrogen) atoms. The molecule has 0 saturated carbocycles. The largest absolute Gasteiger partial charge is 0.444 e. The van der Waals surface area contributed by atoms with Gasteiger partial charge in [0, 0.05) is 6.54 Å². The zero-order valence-corrected chi connectivity index (χ0v) is 11.9. The van der Waals surface area contributed by atoms with Gasteiger partial charge in [-0.2, -0.15) is 5.26 Å². The number of likely N-dealkylation sites (tertiary alicyclic amines) is 1. The van der Waals surface area contributed by atoms with E-state index in [2.05, 4.69) is 11.4 Å². The number of hydrogen-bond donors (Lipinski definition) is 1. The molecule has 2 unspecified atom stereocenters. The Morgan fingerprint density at radius 1 is 1.47 bits per heavy atom. The molecule has 1 aliphatic rings. The second-order valence-corrected chi connectivity index (χ2v) is 5.89. The Hall–Kier alpha value is -1.77. The average molecular weight is 267 g/mol. The Morgan fingerprint density at radius 2 is 2.11 bits per heavy atom. The van der Waals surface area contributed by atoms with Crippen LogP contribution in [0.1, 0.15) is 34.1 Å². The minimum atomic E-state index is -0.624. The SMILES string of the molecule is CC1CC(C#N)N(C(=O)CNC(=O)OC(C)(C)C)C1. The predicted octanol–water partition coefficient (Wildman–Crippen LogP) is 1.27. The smallest absolute Gasteiger partial charge is 0.408 e. The van der Waals surface area contributed by atoms with Crippen LogP contribution in [0, 0.1) is 17.2 Å². The minimum Gasteiger partial charge on any atom is -0.444 e. The standard InChI is InChI=1S/C13H21N3O3/c1-9-5-10(6-14)16(8-9)11(17)7-15-12(18)19-13(2,3)4/h9-10H,5,7-8H2,1-4H3,(H,15,18). The van der Waals surface area contributed by atoms with E-state index in [4.69, 9.17) is 10.00 Å². The average Bonchev–Trinajstić information content (AvgIpc) is 2.65. The number of carbonyl (C=O) groups is 2. The van der Waals surface area contributed by atoms with Gasteiger partial charge < -0.3 is 15.0 Å².